The number of pyridine rings is 2. The van der Waals surface area contributed by atoms with Gasteiger partial charge in [-0.05, 0) is 85.1 Å². The summed E-state index contributed by atoms with van der Waals surface area (Å²) in [5.41, 5.74) is 5.82. The van der Waals surface area contributed by atoms with Crippen molar-refractivity contribution < 1.29 is 19.5 Å². The van der Waals surface area contributed by atoms with Gasteiger partial charge in [0.25, 0.3) is 5.91 Å². The average Bonchev–Trinajstić information content (AvgIpc) is 3.26. The number of nitrogens with zero attached hydrogens (tertiary/aromatic N) is 6. The topological polar surface area (TPSA) is 146 Å². The first-order chi connectivity index (χ1) is 29.8. The number of carbonyl (C=O) groups is 3. The van der Waals surface area contributed by atoms with Crippen LogP contribution in [0.4, 0.5) is 23.0 Å². The molecular formula is C45H47Cl4N9O4. The van der Waals surface area contributed by atoms with Crippen molar-refractivity contribution in [3.63, 3.8) is 0 Å². The van der Waals surface area contributed by atoms with E-state index in [1.165, 1.54) is 0 Å². The molecule has 1 fully saturated rings. The Bertz CT molecular complexity index is 2450. The van der Waals surface area contributed by atoms with Crippen molar-refractivity contribution in [3.8, 4) is 11.1 Å². The van der Waals surface area contributed by atoms with E-state index in [1.807, 2.05) is 49.1 Å². The maximum atomic E-state index is 13.2. The summed E-state index contributed by atoms with van der Waals surface area (Å²) in [7, 11) is 0. The first kappa shape index (κ1) is 44.7. The lowest BCUT2D eigenvalue weighted by Gasteiger charge is -2.35. The summed E-state index contributed by atoms with van der Waals surface area (Å²) in [4.78, 5) is 54.1. The number of benzene rings is 3. The predicted molar refractivity (Wildman–Crippen MR) is 248 cm³/mol. The van der Waals surface area contributed by atoms with Gasteiger partial charge in [0, 0.05) is 110 Å². The van der Waals surface area contributed by atoms with Crippen LogP contribution in [0.2, 0.25) is 20.1 Å². The first-order valence-electron chi connectivity index (χ1n) is 20.3. The predicted octanol–water partition coefficient (Wildman–Crippen LogP) is 8.29. The van der Waals surface area contributed by atoms with Crippen LogP contribution in [0.3, 0.4) is 0 Å². The van der Waals surface area contributed by atoms with Gasteiger partial charge in [0.1, 0.15) is 11.6 Å². The van der Waals surface area contributed by atoms with Crippen LogP contribution in [0.1, 0.15) is 45.7 Å². The molecule has 0 bridgehead atoms. The van der Waals surface area contributed by atoms with Crippen molar-refractivity contribution in [2.24, 2.45) is 0 Å². The van der Waals surface area contributed by atoms with Crippen LogP contribution in [-0.2, 0) is 17.9 Å². The number of hydrogen-bond acceptors (Lipinski definition) is 10. The molecule has 2 aromatic heterocycles. The van der Waals surface area contributed by atoms with Crippen molar-refractivity contribution in [1.82, 2.24) is 25.1 Å². The van der Waals surface area contributed by atoms with Crippen LogP contribution in [0.15, 0.2) is 85.2 Å². The van der Waals surface area contributed by atoms with Gasteiger partial charge in [0.15, 0.2) is 0 Å². The van der Waals surface area contributed by atoms with Crippen LogP contribution < -0.4 is 25.8 Å². The van der Waals surface area contributed by atoms with Gasteiger partial charge in [0.2, 0.25) is 5.91 Å². The van der Waals surface area contributed by atoms with Crippen LogP contribution in [0.5, 0.6) is 0 Å². The summed E-state index contributed by atoms with van der Waals surface area (Å²) >= 11 is 25.0. The standard InChI is InChI=1S/C24H30Cl2N6O2.C21H17Cl2N3O2/c1-16(2)29-22(33)15-30-7-9-31(10-8-30)24(34)17-12-21-23(28-13-17)27-5-6-32(21)14-18-11-19(25)3-4-20(18)26;22-15-5-6-18(23)14(9-15)12-26-8-7-24-20-19(26)10-13(11-25-20)16-3-1-2-4-17(16)21(27)28/h3-4,11-13,16H,5-10,14-15H2,1-2H3,(H,27,28)(H,29,33);1-6,9-11H,7-8,12H2,(H,24,25)(H,27,28). The molecule has 5 heterocycles. The highest BCUT2D eigenvalue weighted by molar-refractivity contribution is 6.34. The van der Waals surface area contributed by atoms with Gasteiger partial charge in [-0.2, -0.15) is 0 Å². The SMILES string of the molecule is CC(C)NC(=O)CN1CCN(C(=O)c2cnc3c(c2)N(Cc2cc(Cl)ccc2Cl)CCN3)CC1.O=C(O)c1ccccc1-c1cnc2c(c1)N(Cc1cc(Cl)ccc1Cl)CCN2. The summed E-state index contributed by atoms with van der Waals surface area (Å²) in [6.07, 6.45) is 3.33. The first-order valence-corrected chi connectivity index (χ1v) is 21.8. The highest BCUT2D eigenvalue weighted by Gasteiger charge is 2.27. The number of rotatable bonds is 10. The lowest BCUT2D eigenvalue weighted by molar-refractivity contribution is -0.123. The second kappa shape index (κ2) is 20.3. The molecule has 0 saturated carbocycles. The molecule has 3 aliphatic rings. The second-order valence-electron chi connectivity index (χ2n) is 15.5. The average molecular weight is 920 g/mol. The minimum absolute atomic E-state index is 0.0149. The molecular weight excluding hydrogens is 872 g/mol. The van der Waals surface area contributed by atoms with Gasteiger partial charge in [-0.25, -0.2) is 14.8 Å². The van der Waals surface area contributed by atoms with Gasteiger partial charge in [-0.15, -0.1) is 0 Å². The molecule has 4 N–H and O–H groups in total. The van der Waals surface area contributed by atoms with E-state index >= 15 is 0 Å². The zero-order chi connectivity index (χ0) is 43.9. The van der Waals surface area contributed by atoms with Crippen molar-refractivity contribution in [1.29, 1.82) is 0 Å². The Morgan fingerprint density at radius 1 is 0.726 bits per heavy atom. The lowest BCUT2D eigenvalue weighted by atomic mass is 10.0. The highest BCUT2D eigenvalue weighted by Crippen LogP contribution is 2.36. The molecule has 17 heteroatoms. The monoisotopic (exact) mass is 917 g/mol. The maximum absolute atomic E-state index is 13.2. The summed E-state index contributed by atoms with van der Waals surface area (Å²) in [6.45, 7) is 10.9. The van der Waals surface area contributed by atoms with Crippen molar-refractivity contribution >= 4 is 87.2 Å². The molecule has 3 aliphatic heterocycles. The number of piperazine rings is 1. The third kappa shape index (κ3) is 11.0. The largest absolute Gasteiger partial charge is 0.478 e. The van der Waals surface area contributed by atoms with Gasteiger partial charge < -0.3 is 35.8 Å². The summed E-state index contributed by atoms with van der Waals surface area (Å²) in [5, 5.41) is 21.6. The number of fused-ring (bicyclic) bond motifs is 2. The van der Waals surface area contributed by atoms with Crippen LogP contribution in [0, 0.1) is 0 Å². The number of carbonyl (C=O) groups excluding carboxylic acids is 2. The Balaban J connectivity index is 0.000000190. The fraction of sp³-hybridized carbons (Fsp3) is 0.311. The molecule has 3 aromatic carbocycles. The minimum atomic E-state index is -0.964. The zero-order valence-electron chi connectivity index (χ0n) is 34.3. The van der Waals surface area contributed by atoms with Crippen molar-refractivity contribution in [2.45, 2.75) is 33.0 Å². The number of amides is 2. The van der Waals surface area contributed by atoms with Crippen LogP contribution in [0.25, 0.3) is 11.1 Å². The molecule has 1 saturated heterocycles. The third-order valence-corrected chi connectivity index (χ3v) is 11.9. The number of anilines is 4. The van der Waals surface area contributed by atoms with Crippen LogP contribution in [-0.4, -0.2) is 108 Å². The zero-order valence-corrected chi connectivity index (χ0v) is 37.3. The molecule has 2 amide bonds. The summed E-state index contributed by atoms with van der Waals surface area (Å²) in [6, 6.07) is 21.8. The Hall–Kier alpha value is -5.31. The number of carboxylic acid groups (broad SMARTS) is 1. The molecule has 324 valence electrons. The van der Waals surface area contributed by atoms with Gasteiger partial charge >= 0.3 is 5.97 Å². The van der Waals surface area contributed by atoms with Gasteiger partial charge in [-0.3, -0.25) is 14.5 Å². The summed E-state index contributed by atoms with van der Waals surface area (Å²) < 4.78 is 0. The van der Waals surface area contributed by atoms with Crippen molar-refractivity contribution in [2.75, 3.05) is 79.3 Å². The molecule has 0 aliphatic carbocycles. The number of hydrogen-bond donors (Lipinski definition) is 4. The summed E-state index contributed by atoms with van der Waals surface area (Å²) in [5.74, 6) is 0.519. The molecule has 8 rings (SSSR count). The smallest absolute Gasteiger partial charge is 0.336 e. The molecule has 62 heavy (non-hydrogen) atoms. The maximum Gasteiger partial charge on any atom is 0.336 e. The quantitative estimate of drug-likeness (QED) is 0.107. The third-order valence-electron chi connectivity index (χ3n) is 10.7. The number of halogens is 4. The molecule has 0 spiro atoms. The Morgan fingerprint density at radius 2 is 1.29 bits per heavy atom. The van der Waals surface area contributed by atoms with Crippen molar-refractivity contribution in [3.05, 3.63) is 128 Å². The fourth-order valence-electron chi connectivity index (χ4n) is 7.64. The molecule has 0 atom stereocenters. The fourth-order valence-corrected chi connectivity index (χ4v) is 8.38. The highest BCUT2D eigenvalue weighted by atomic mass is 35.5. The number of aromatic carboxylic acids is 1. The Kier molecular flexibility index (Phi) is 14.6. The van der Waals surface area contributed by atoms with E-state index in [9.17, 15) is 19.5 Å². The number of carboxylic acids is 1. The van der Waals surface area contributed by atoms with E-state index in [4.69, 9.17) is 46.4 Å². The van der Waals surface area contributed by atoms with Gasteiger partial charge in [-0.1, -0.05) is 64.6 Å². The molecule has 13 nitrogen and oxygen atoms in total. The Labute approximate surface area is 380 Å². The normalized spacial score (nSPS) is 14.8. The second-order valence-corrected chi connectivity index (χ2v) is 17.2. The van der Waals surface area contributed by atoms with Crippen LogP contribution >= 0.6 is 46.4 Å². The molecule has 0 unspecified atom stereocenters. The van der Waals surface area contributed by atoms with E-state index in [0.717, 1.165) is 65.9 Å². The number of aromatic nitrogens is 2. The lowest BCUT2D eigenvalue weighted by Crippen LogP contribution is -2.51. The van der Waals surface area contributed by atoms with E-state index in [1.54, 1.807) is 54.9 Å². The molecule has 5 aromatic rings. The van der Waals surface area contributed by atoms with E-state index in [0.29, 0.717) is 77.0 Å². The van der Waals surface area contributed by atoms with E-state index in [2.05, 4.69) is 40.6 Å². The van der Waals surface area contributed by atoms with E-state index < -0.39 is 5.97 Å². The van der Waals surface area contributed by atoms with Gasteiger partial charge in [0.05, 0.1) is 29.0 Å². The Morgan fingerprint density at radius 3 is 1.87 bits per heavy atom. The molecule has 0 radical (unpaired) electrons. The minimum Gasteiger partial charge on any atom is -0.478 e. The van der Waals surface area contributed by atoms with E-state index in [-0.39, 0.29) is 23.4 Å². The number of nitrogens with one attached hydrogen (secondary N) is 3.